The molecule has 0 aliphatic carbocycles. The first-order valence-corrected chi connectivity index (χ1v) is 7.66. The zero-order valence-corrected chi connectivity index (χ0v) is 12.6. The monoisotopic (exact) mass is 280 g/mol. The van der Waals surface area contributed by atoms with Gasteiger partial charge in [0, 0.05) is 35.7 Å². The summed E-state index contributed by atoms with van der Waals surface area (Å²) in [6.45, 7) is 7.92. The van der Waals surface area contributed by atoms with Crippen LogP contribution in [0, 0.1) is 0 Å². The van der Waals surface area contributed by atoms with E-state index in [0.29, 0.717) is 15.5 Å². The summed E-state index contributed by atoms with van der Waals surface area (Å²) in [5, 5.41) is 1.43. The first-order valence-electron chi connectivity index (χ1n) is 6.31. The van der Waals surface area contributed by atoms with Crippen molar-refractivity contribution in [1.82, 2.24) is 4.90 Å². The number of hydrogen-bond donors (Lipinski definition) is 1. The first-order chi connectivity index (χ1) is 8.54. The van der Waals surface area contributed by atoms with E-state index in [2.05, 4.69) is 42.6 Å². The normalized spacial score (nSPS) is 25.0. The van der Waals surface area contributed by atoms with E-state index in [1.165, 1.54) is 5.56 Å². The summed E-state index contributed by atoms with van der Waals surface area (Å²) in [5.41, 5.74) is 7.94. The van der Waals surface area contributed by atoms with Crippen molar-refractivity contribution in [3.8, 4) is 0 Å². The third kappa shape index (κ3) is 3.70. The maximum Gasteiger partial charge on any atom is 0.103 e. The number of nitrogens with two attached hydrogens (primary N) is 1. The minimum atomic E-state index is 0.479. The van der Waals surface area contributed by atoms with Gasteiger partial charge in [-0.15, -0.1) is 0 Å². The quantitative estimate of drug-likeness (QED) is 0.862. The Hall–Kier alpha value is -0.580. The predicted molar refractivity (Wildman–Crippen MR) is 84.1 cm³/mol. The second kappa shape index (κ2) is 6.04. The average molecular weight is 280 g/mol. The van der Waals surface area contributed by atoms with Crippen molar-refractivity contribution in [3.63, 3.8) is 0 Å². The largest absolute Gasteiger partial charge is 0.389 e. The Morgan fingerprint density at radius 1 is 1.39 bits per heavy atom. The van der Waals surface area contributed by atoms with Crippen molar-refractivity contribution >= 4 is 29.0 Å². The topological polar surface area (TPSA) is 29.3 Å². The SMILES string of the molecule is CC1CN(Cc2cccc(C(N)=S)c2)CC(C)S1. The lowest BCUT2D eigenvalue weighted by molar-refractivity contribution is 0.263. The molecule has 18 heavy (non-hydrogen) atoms. The van der Waals surface area contributed by atoms with Gasteiger partial charge >= 0.3 is 0 Å². The highest BCUT2D eigenvalue weighted by atomic mass is 32.2. The molecule has 1 saturated heterocycles. The fourth-order valence-corrected chi connectivity index (χ4v) is 4.01. The highest BCUT2D eigenvalue weighted by Crippen LogP contribution is 2.25. The molecule has 98 valence electrons. The molecule has 4 heteroatoms. The van der Waals surface area contributed by atoms with Crippen LogP contribution in [0.5, 0.6) is 0 Å². The van der Waals surface area contributed by atoms with Crippen LogP contribution in [-0.2, 0) is 6.54 Å². The van der Waals surface area contributed by atoms with Crippen LogP contribution < -0.4 is 5.73 Å². The Balaban J connectivity index is 2.04. The summed E-state index contributed by atoms with van der Waals surface area (Å²) in [6.07, 6.45) is 0. The van der Waals surface area contributed by atoms with Gasteiger partial charge in [-0.2, -0.15) is 11.8 Å². The van der Waals surface area contributed by atoms with Gasteiger partial charge < -0.3 is 5.73 Å². The van der Waals surface area contributed by atoms with Crippen molar-refractivity contribution in [2.24, 2.45) is 5.73 Å². The Morgan fingerprint density at radius 3 is 2.67 bits per heavy atom. The molecular weight excluding hydrogens is 260 g/mol. The highest BCUT2D eigenvalue weighted by molar-refractivity contribution is 8.00. The number of nitrogens with zero attached hydrogens (tertiary/aromatic N) is 1. The van der Waals surface area contributed by atoms with E-state index in [0.717, 1.165) is 25.2 Å². The van der Waals surface area contributed by atoms with Gasteiger partial charge in [0.15, 0.2) is 0 Å². The molecule has 1 aromatic carbocycles. The third-order valence-electron chi connectivity index (χ3n) is 3.11. The molecular formula is C14H20N2S2. The van der Waals surface area contributed by atoms with E-state index in [1.807, 2.05) is 12.1 Å². The minimum Gasteiger partial charge on any atom is -0.389 e. The number of rotatable bonds is 3. The molecule has 2 atom stereocenters. The number of benzene rings is 1. The van der Waals surface area contributed by atoms with Gasteiger partial charge in [-0.3, -0.25) is 4.90 Å². The molecule has 0 saturated carbocycles. The van der Waals surface area contributed by atoms with Crippen LogP contribution in [0.3, 0.4) is 0 Å². The van der Waals surface area contributed by atoms with E-state index < -0.39 is 0 Å². The second-order valence-electron chi connectivity index (χ2n) is 5.02. The van der Waals surface area contributed by atoms with Gasteiger partial charge in [-0.1, -0.05) is 44.3 Å². The van der Waals surface area contributed by atoms with Crippen LogP contribution in [0.25, 0.3) is 0 Å². The molecule has 0 bridgehead atoms. The van der Waals surface area contributed by atoms with E-state index in [-0.39, 0.29) is 0 Å². The van der Waals surface area contributed by atoms with E-state index >= 15 is 0 Å². The van der Waals surface area contributed by atoms with Crippen molar-refractivity contribution in [2.45, 2.75) is 30.9 Å². The lowest BCUT2D eigenvalue weighted by Crippen LogP contribution is -2.39. The van der Waals surface area contributed by atoms with E-state index in [9.17, 15) is 0 Å². The summed E-state index contributed by atoms with van der Waals surface area (Å²) >= 11 is 7.11. The van der Waals surface area contributed by atoms with Gasteiger partial charge in [0.25, 0.3) is 0 Å². The fraction of sp³-hybridized carbons (Fsp3) is 0.500. The van der Waals surface area contributed by atoms with E-state index in [1.54, 1.807) is 0 Å². The molecule has 0 radical (unpaired) electrons. The number of hydrogen-bond acceptors (Lipinski definition) is 3. The van der Waals surface area contributed by atoms with Gasteiger partial charge in [0.05, 0.1) is 0 Å². The van der Waals surface area contributed by atoms with Crippen LogP contribution in [-0.4, -0.2) is 33.5 Å². The van der Waals surface area contributed by atoms with Crippen LogP contribution in [0.15, 0.2) is 24.3 Å². The third-order valence-corrected chi connectivity index (χ3v) is 4.58. The zero-order valence-electron chi connectivity index (χ0n) is 10.9. The fourth-order valence-electron chi connectivity index (χ4n) is 2.49. The summed E-state index contributed by atoms with van der Waals surface area (Å²) in [7, 11) is 0. The van der Waals surface area contributed by atoms with Gasteiger partial charge in [-0.25, -0.2) is 0 Å². The van der Waals surface area contributed by atoms with Crippen LogP contribution in [0.4, 0.5) is 0 Å². The summed E-state index contributed by atoms with van der Waals surface area (Å²) in [5.74, 6) is 0. The minimum absolute atomic E-state index is 0.479. The molecule has 1 heterocycles. The molecule has 2 rings (SSSR count). The summed E-state index contributed by atoms with van der Waals surface area (Å²) in [4.78, 5) is 3.00. The standard InChI is InChI=1S/C14H20N2S2/c1-10-7-16(8-11(2)18-10)9-12-4-3-5-13(6-12)14(15)17/h3-6,10-11H,7-9H2,1-2H3,(H2,15,17). The molecule has 0 aromatic heterocycles. The Labute approximate surface area is 119 Å². The van der Waals surface area contributed by atoms with Gasteiger partial charge in [-0.05, 0) is 11.6 Å². The molecule has 0 amide bonds. The lowest BCUT2D eigenvalue weighted by Gasteiger charge is -2.34. The van der Waals surface area contributed by atoms with Crippen LogP contribution in [0.1, 0.15) is 25.0 Å². The van der Waals surface area contributed by atoms with Gasteiger partial charge in [0.1, 0.15) is 4.99 Å². The van der Waals surface area contributed by atoms with Crippen molar-refractivity contribution in [2.75, 3.05) is 13.1 Å². The molecule has 2 N–H and O–H groups in total. The lowest BCUT2D eigenvalue weighted by atomic mass is 10.1. The van der Waals surface area contributed by atoms with E-state index in [4.69, 9.17) is 18.0 Å². The number of thioether (sulfide) groups is 1. The maximum absolute atomic E-state index is 5.67. The summed E-state index contributed by atoms with van der Waals surface area (Å²) in [6, 6.07) is 8.27. The number of thiocarbonyl (C=S) groups is 1. The Kier molecular flexibility index (Phi) is 4.65. The molecule has 1 aliphatic heterocycles. The smallest absolute Gasteiger partial charge is 0.103 e. The predicted octanol–water partition coefficient (Wildman–Crippen LogP) is 2.65. The Bertz CT molecular complexity index is 424. The summed E-state index contributed by atoms with van der Waals surface area (Å²) < 4.78 is 0. The van der Waals surface area contributed by atoms with Crippen molar-refractivity contribution < 1.29 is 0 Å². The Morgan fingerprint density at radius 2 is 2.06 bits per heavy atom. The van der Waals surface area contributed by atoms with Crippen molar-refractivity contribution in [3.05, 3.63) is 35.4 Å². The van der Waals surface area contributed by atoms with Gasteiger partial charge in [0.2, 0.25) is 0 Å². The van der Waals surface area contributed by atoms with Crippen LogP contribution >= 0.6 is 24.0 Å². The zero-order chi connectivity index (χ0) is 13.1. The second-order valence-corrected chi connectivity index (χ2v) is 7.34. The van der Waals surface area contributed by atoms with Crippen LogP contribution in [0.2, 0.25) is 0 Å². The van der Waals surface area contributed by atoms with Crippen molar-refractivity contribution in [1.29, 1.82) is 0 Å². The molecule has 2 unspecified atom stereocenters. The molecule has 2 nitrogen and oxygen atoms in total. The highest BCUT2D eigenvalue weighted by Gasteiger charge is 2.22. The molecule has 1 aliphatic rings. The first kappa shape index (κ1) is 13.8. The molecule has 1 aromatic rings. The maximum atomic E-state index is 5.67. The molecule has 1 fully saturated rings. The molecule has 0 spiro atoms. The average Bonchev–Trinajstić information content (AvgIpc) is 2.27.